The summed E-state index contributed by atoms with van der Waals surface area (Å²) >= 11 is 0. The fraction of sp³-hybridized carbons (Fsp3) is 0.846. The number of amides is 2. The number of ether oxygens (including phenoxy) is 1. The van der Waals surface area contributed by atoms with Crippen LogP contribution in [-0.2, 0) is 9.53 Å². The Kier molecular flexibility index (Phi) is 7.44. The minimum absolute atomic E-state index is 0.341. The molecule has 1 atom stereocenters. The number of rotatable bonds is 7. The third-order valence-electron chi connectivity index (χ3n) is 2.22. The highest BCUT2D eigenvalue weighted by molar-refractivity contribution is 5.79. The first-order valence-corrected chi connectivity index (χ1v) is 6.61. The molecule has 0 radical (unpaired) electrons. The van der Waals surface area contributed by atoms with E-state index in [1.54, 1.807) is 20.8 Å². The third-order valence-corrected chi connectivity index (χ3v) is 2.22. The standard InChI is InChI=1S/C13H27N3O3/c1-9(2)8-16-10(11(14)17)6-7-15-12(18)19-13(3,4)5/h9-10,16H,6-8H2,1-5H3,(H2,14,17)(H,15,18). The first-order chi connectivity index (χ1) is 8.61. The number of hydrogen-bond donors (Lipinski definition) is 3. The summed E-state index contributed by atoms with van der Waals surface area (Å²) < 4.78 is 5.09. The van der Waals surface area contributed by atoms with Gasteiger partial charge < -0.3 is 21.1 Å². The summed E-state index contributed by atoms with van der Waals surface area (Å²) in [7, 11) is 0. The Morgan fingerprint density at radius 3 is 2.26 bits per heavy atom. The van der Waals surface area contributed by atoms with Gasteiger partial charge >= 0.3 is 6.09 Å². The molecule has 0 aromatic rings. The number of hydrogen-bond acceptors (Lipinski definition) is 4. The van der Waals surface area contributed by atoms with Crippen LogP contribution in [0.3, 0.4) is 0 Å². The predicted molar refractivity (Wildman–Crippen MR) is 74.7 cm³/mol. The molecule has 6 heteroatoms. The van der Waals surface area contributed by atoms with Gasteiger partial charge in [0.1, 0.15) is 5.60 Å². The number of nitrogens with one attached hydrogen (secondary N) is 2. The summed E-state index contributed by atoms with van der Waals surface area (Å²) in [6.07, 6.45) is -0.0408. The fourth-order valence-electron chi connectivity index (χ4n) is 1.36. The van der Waals surface area contributed by atoms with Crippen LogP contribution in [0.4, 0.5) is 4.79 Å². The van der Waals surface area contributed by atoms with Gasteiger partial charge in [-0.05, 0) is 39.7 Å². The molecular weight excluding hydrogens is 246 g/mol. The van der Waals surface area contributed by atoms with Crippen LogP contribution >= 0.6 is 0 Å². The van der Waals surface area contributed by atoms with E-state index in [0.29, 0.717) is 25.4 Å². The lowest BCUT2D eigenvalue weighted by molar-refractivity contribution is -0.120. The van der Waals surface area contributed by atoms with Crippen LogP contribution in [0.25, 0.3) is 0 Å². The summed E-state index contributed by atoms with van der Waals surface area (Å²) in [5.74, 6) is 0.0207. The normalized spacial score (nSPS) is 13.2. The molecule has 0 aliphatic rings. The quantitative estimate of drug-likeness (QED) is 0.645. The largest absolute Gasteiger partial charge is 0.444 e. The topological polar surface area (TPSA) is 93.4 Å². The van der Waals surface area contributed by atoms with E-state index in [2.05, 4.69) is 10.6 Å². The Bertz CT molecular complexity index is 298. The lowest BCUT2D eigenvalue weighted by Crippen LogP contribution is -2.45. The maximum absolute atomic E-state index is 11.4. The van der Waals surface area contributed by atoms with Crippen molar-refractivity contribution in [3.63, 3.8) is 0 Å². The van der Waals surface area contributed by atoms with Crippen molar-refractivity contribution < 1.29 is 14.3 Å². The van der Waals surface area contributed by atoms with Gasteiger partial charge in [-0.2, -0.15) is 0 Å². The van der Waals surface area contributed by atoms with Crippen molar-refractivity contribution in [1.29, 1.82) is 0 Å². The Morgan fingerprint density at radius 1 is 1.26 bits per heavy atom. The highest BCUT2D eigenvalue weighted by Gasteiger charge is 2.18. The van der Waals surface area contributed by atoms with Crippen molar-refractivity contribution in [1.82, 2.24) is 10.6 Å². The first kappa shape index (κ1) is 17.7. The molecule has 112 valence electrons. The summed E-state index contributed by atoms with van der Waals surface area (Å²) in [6, 6.07) is -0.433. The Labute approximate surface area is 115 Å². The molecule has 0 heterocycles. The van der Waals surface area contributed by atoms with Crippen molar-refractivity contribution in [3.8, 4) is 0 Å². The molecule has 2 amide bonds. The second kappa shape index (κ2) is 7.99. The maximum atomic E-state index is 11.4. The Balaban J connectivity index is 3.99. The van der Waals surface area contributed by atoms with E-state index in [4.69, 9.17) is 10.5 Å². The van der Waals surface area contributed by atoms with Gasteiger partial charge in [-0.3, -0.25) is 4.79 Å². The molecule has 0 fully saturated rings. The lowest BCUT2D eigenvalue weighted by atomic mass is 10.1. The molecular formula is C13H27N3O3. The fourth-order valence-corrected chi connectivity index (χ4v) is 1.36. The van der Waals surface area contributed by atoms with Crippen molar-refractivity contribution in [2.75, 3.05) is 13.1 Å². The number of carbonyl (C=O) groups excluding carboxylic acids is 2. The van der Waals surface area contributed by atoms with Gasteiger partial charge in [0.25, 0.3) is 0 Å². The van der Waals surface area contributed by atoms with E-state index < -0.39 is 23.6 Å². The SMILES string of the molecule is CC(C)CNC(CCNC(=O)OC(C)(C)C)C(N)=O. The highest BCUT2D eigenvalue weighted by atomic mass is 16.6. The zero-order valence-corrected chi connectivity index (χ0v) is 12.6. The van der Waals surface area contributed by atoms with Gasteiger partial charge in [0, 0.05) is 6.54 Å². The maximum Gasteiger partial charge on any atom is 0.407 e. The lowest BCUT2D eigenvalue weighted by Gasteiger charge is -2.21. The zero-order chi connectivity index (χ0) is 15.1. The van der Waals surface area contributed by atoms with E-state index in [-0.39, 0.29) is 0 Å². The molecule has 0 aliphatic heterocycles. The Hall–Kier alpha value is -1.30. The third kappa shape index (κ3) is 10.3. The average Bonchev–Trinajstić information content (AvgIpc) is 2.19. The van der Waals surface area contributed by atoms with Gasteiger partial charge in [0.2, 0.25) is 5.91 Å². The predicted octanol–water partition coefficient (Wildman–Crippen LogP) is 1.00. The second-order valence-electron chi connectivity index (χ2n) is 5.97. The number of alkyl carbamates (subject to hydrolysis) is 1. The average molecular weight is 273 g/mol. The molecule has 0 spiro atoms. The van der Waals surface area contributed by atoms with Crippen molar-refractivity contribution in [3.05, 3.63) is 0 Å². The van der Waals surface area contributed by atoms with Crippen LogP contribution in [0.1, 0.15) is 41.0 Å². The van der Waals surface area contributed by atoms with Crippen LogP contribution in [0, 0.1) is 5.92 Å². The summed E-state index contributed by atoms with van der Waals surface area (Å²) in [5.41, 5.74) is 4.77. The molecule has 6 nitrogen and oxygen atoms in total. The molecule has 0 bridgehead atoms. The summed E-state index contributed by atoms with van der Waals surface area (Å²) in [6.45, 7) is 10.5. The molecule has 1 unspecified atom stereocenters. The molecule has 0 saturated carbocycles. The minimum Gasteiger partial charge on any atom is -0.444 e. The molecule has 0 saturated heterocycles. The molecule has 0 aromatic heterocycles. The van der Waals surface area contributed by atoms with Crippen molar-refractivity contribution >= 4 is 12.0 Å². The van der Waals surface area contributed by atoms with Crippen LogP contribution in [0.2, 0.25) is 0 Å². The van der Waals surface area contributed by atoms with Crippen LogP contribution in [-0.4, -0.2) is 36.7 Å². The summed E-state index contributed by atoms with van der Waals surface area (Å²) in [4.78, 5) is 22.6. The summed E-state index contributed by atoms with van der Waals surface area (Å²) in [5, 5.41) is 5.68. The number of primary amides is 1. The Morgan fingerprint density at radius 2 is 1.84 bits per heavy atom. The van der Waals surface area contributed by atoms with Gasteiger partial charge in [-0.25, -0.2) is 4.79 Å². The number of carbonyl (C=O) groups is 2. The molecule has 0 rings (SSSR count). The zero-order valence-electron chi connectivity index (χ0n) is 12.6. The molecule has 4 N–H and O–H groups in total. The van der Waals surface area contributed by atoms with Crippen molar-refractivity contribution in [2.24, 2.45) is 11.7 Å². The van der Waals surface area contributed by atoms with E-state index in [9.17, 15) is 9.59 Å². The van der Waals surface area contributed by atoms with Crippen LogP contribution in [0.15, 0.2) is 0 Å². The highest BCUT2D eigenvalue weighted by Crippen LogP contribution is 2.06. The van der Waals surface area contributed by atoms with Gasteiger partial charge in [-0.15, -0.1) is 0 Å². The van der Waals surface area contributed by atoms with Crippen LogP contribution in [0.5, 0.6) is 0 Å². The van der Waals surface area contributed by atoms with Gasteiger partial charge in [0.05, 0.1) is 6.04 Å². The molecule has 0 aliphatic carbocycles. The number of nitrogens with two attached hydrogens (primary N) is 1. The van der Waals surface area contributed by atoms with E-state index >= 15 is 0 Å². The monoisotopic (exact) mass is 273 g/mol. The first-order valence-electron chi connectivity index (χ1n) is 6.61. The van der Waals surface area contributed by atoms with Crippen molar-refractivity contribution in [2.45, 2.75) is 52.7 Å². The van der Waals surface area contributed by atoms with E-state index in [1.165, 1.54) is 0 Å². The minimum atomic E-state index is -0.525. The second-order valence-corrected chi connectivity index (χ2v) is 5.97. The molecule has 19 heavy (non-hydrogen) atoms. The van der Waals surface area contributed by atoms with E-state index in [1.807, 2.05) is 13.8 Å². The molecule has 0 aromatic carbocycles. The van der Waals surface area contributed by atoms with Gasteiger partial charge in [0.15, 0.2) is 0 Å². The van der Waals surface area contributed by atoms with E-state index in [0.717, 1.165) is 0 Å². The van der Waals surface area contributed by atoms with Gasteiger partial charge in [-0.1, -0.05) is 13.8 Å². The smallest absolute Gasteiger partial charge is 0.407 e. The van der Waals surface area contributed by atoms with Crippen LogP contribution < -0.4 is 16.4 Å².